The molecule has 0 N–H and O–H groups in total. The molecule has 41 heavy (non-hydrogen) atoms. The van der Waals surface area contributed by atoms with Crippen molar-refractivity contribution in [2.75, 3.05) is 0 Å². The second-order valence-electron chi connectivity index (χ2n) is 10.8. The summed E-state index contributed by atoms with van der Waals surface area (Å²) in [5.41, 5.74) is 6.58. The summed E-state index contributed by atoms with van der Waals surface area (Å²) in [7, 11) is 0. The fraction of sp³-hybridized carbons (Fsp3) is 0. The van der Waals surface area contributed by atoms with E-state index in [4.69, 9.17) is 4.98 Å². The molecular formula is C38H22N2O. The molecule has 0 amide bonds. The summed E-state index contributed by atoms with van der Waals surface area (Å²) < 4.78 is 1.82. The Morgan fingerprint density at radius 2 is 1.10 bits per heavy atom. The first kappa shape index (κ1) is 22.3. The molecule has 7 aromatic carbocycles. The lowest BCUT2D eigenvalue weighted by molar-refractivity contribution is 1.19. The van der Waals surface area contributed by atoms with Crippen LogP contribution in [0.15, 0.2) is 138 Å². The van der Waals surface area contributed by atoms with Crippen molar-refractivity contribution in [3.05, 3.63) is 144 Å². The second-order valence-corrected chi connectivity index (χ2v) is 10.8. The van der Waals surface area contributed by atoms with Crippen molar-refractivity contribution in [3.8, 4) is 22.3 Å². The van der Waals surface area contributed by atoms with Gasteiger partial charge in [-0.05, 0) is 74.0 Å². The van der Waals surface area contributed by atoms with E-state index in [0.29, 0.717) is 11.0 Å². The van der Waals surface area contributed by atoms with Crippen molar-refractivity contribution >= 4 is 59.8 Å². The Balaban J connectivity index is 1.44. The Kier molecular flexibility index (Phi) is 4.48. The van der Waals surface area contributed by atoms with Crippen LogP contribution in [0, 0.1) is 0 Å². The molecule has 3 heteroatoms. The summed E-state index contributed by atoms with van der Waals surface area (Å²) in [5.74, 6) is 0. The lowest BCUT2D eigenvalue weighted by Crippen LogP contribution is -2.13. The highest BCUT2D eigenvalue weighted by atomic mass is 16.1. The van der Waals surface area contributed by atoms with Crippen molar-refractivity contribution in [3.63, 3.8) is 0 Å². The fourth-order valence-corrected chi connectivity index (χ4v) is 6.50. The van der Waals surface area contributed by atoms with Crippen LogP contribution in [0.5, 0.6) is 0 Å². The first-order valence-electron chi connectivity index (χ1n) is 13.8. The van der Waals surface area contributed by atoms with Gasteiger partial charge in [0.05, 0.1) is 11.0 Å². The van der Waals surface area contributed by atoms with E-state index in [1.807, 2.05) is 22.6 Å². The summed E-state index contributed by atoms with van der Waals surface area (Å²) in [5, 5.41) is 8.49. The van der Waals surface area contributed by atoms with E-state index < -0.39 is 0 Å². The minimum Gasteiger partial charge on any atom is -0.268 e. The van der Waals surface area contributed by atoms with Gasteiger partial charge in [0, 0.05) is 21.7 Å². The zero-order chi connectivity index (χ0) is 27.1. The molecule has 0 aliphatic rings. The molecule has 3 nitrogen and oxygen atoms in total. The van der Waals surface area contributed by atoms with Crippen molar-refractivity contribution in [1.29, 1.82) is 0 Å². The standard InChI is InChI=1S/C38H22N2O/c41-38-32-14-6-12-25-11-5-13-31(35(25)32)37-39-36-33(29-18-16-24-8-2-4-10-27(24)20-29)21-30(22-34(36)40(37)38)28-17-15-23-7-1-3-9-26(23)19-28/h1-22H. The number of pyridine rings is 1. The van der Waals surface area contributed by atoms with Gasteiger partial charge in [0.15, 0.2) is 0 Å². The Hall–Kier alpha value is -5.54. The molecule has 0 fully saturated rings. The van der Waals surface area contributed by atoms with Gasteiger partial charge in [-0.3, -0.25) is 9.20 Å². The van der Waals surface area contributed by atoms with Gasteiger partial charge >= 0.3 is 0 Å². The molecule has 0 aliphatic carbocycles. The highest BCUT2D eigenvalue weighted by molar-refractivity contribution is 6.16. The lowest BCUT2D eigenvalue weighted by Gasteiger charge is -2.11. The first-order valence-corrected chi connectivity index (χ1v) is 13.8. The maximum absolute atomic E-state index is 14.1. The maximum Gasteiger partial charge on any atom is 0.264 e. The largest absolute Gasteiger partial charge is 0.268 e. The lowest BCUT2D eigenvalue weighted by atomic mass is 9.95. The van der Waals surface area contributed by atoms with Gasteiger partial charge in [0.25, 0.3) is 5.56 Å². The summed E-state index contributed by atoms with van der Waals surface area (Å²) in [6.45, 7) is 0. The molecule has 0 saturated heterocycles. The molecule has 0 bridgehead atoms. The maximum atomic E-state index is 14.1. The second kappa shape index (κ2) is 8.23. The Morgan fingerprint density at radius 1 is 0.488 bits per heavy atom. The average Bonchev–Trinajstić information content (AvgIpc) is 3.42. The third-order valence-electron chi connectivity index (χ3n) is 8.48. The molecule has 2 heterocycles. The number of nitrogens with zero attached hydrogens (tertiary/aromatic N) is 2. The van der Waals surface area contributed by atoms with Crippen molar-refractivity contribution < 1.29 is 0 Å². The number of fused-ring (bicyclic) bond motifs is 6. The molecule has 0 unspecified atom stereocenters. The van der Waals surface area contributed by atoms with Crippen LogP contribution in [0.4, 0.5) is 0 Å². The van der Waals surface area contributed by atoms with Crippen molar-refractivity contribution in [1.82, 2.24) is 9.38 Å². The molecular weight excluding hydrogens is 500 g/mol. The zero-order valence-corrected chi connectivity index (χ0v) is 22.0. The quantitative estimate of drug-likeness (QED) is 0.227. The van der Waals surface area contributed by atoms with Crippen molar-refractivity contribution in [2.24, 2.45) is 0 Å². The summed E-state index contributed by atoms with van der Waals surface area (Å²) in [6, 6.07) is 46.4. The van der Waals surface area contributed by atoms with E-state index in [0.717, 1.165) is 49.4 Å². The minimum atomic E-state index is -0.0353. The van der Waals surface area contributed by atoms with Gasteiger partial charge in [-0.15, -0.1) is 0 Å². The molecule has 0 saturated carbocycles. The van der Waals surface area contributed by atoms with Crippen LogP contribution in [0.2, 0.25) is 0 Å². The molecule has 0 aliphatic heterocycles. The normalized spacial score (nSPS) is 12.0. The molecule has 9 aromatic rings. The van der Waals surface area contributed by atoms with Crippen LogP contribution in [-0.2, 0) is 0 Å². The first-order chi connectivity index (χ1) is 20.2. The Labute approximate surface area is 234 Å². The SMILES string of the molecule is O=c1c2cccc3cccc(c32)c2nc3c(-c4ccc5ccccc5c4)cc(-c4ccc5ccccc5c4)cc3n12. The van der Waals surface area contributed by atoms with E-state index in [2.05, 4.69) is 115 Å². The third-order valence-corrected chi connectivity index (χ3v) is 8.48. The topological polar surface area (TPSA) is 34.4 Å². The van der Waals surface area contributed by atoms with Crippen LogP contribution in [0.3, 0.4) is 0 Å². The van der Waals surface area contributed by atoms with Gasteiger partial charge in [-0.2, -0.15) is 0 Å². The number of hydrogen-bond donors (Lipinski definition) is 0. The fourth-order valence-electron chi connectivity index (χ4n) is 6.50. The van der Waals surface area contributed by atoms with Gasteiger partial charge in [-0.25, -0.2) is 4.98 Å². The highest BCUT2D eigenvalue weighted by Crippen LogP contribution is 2.38. The van der Waals surface area contributed by atoms with E-state index in [9.17, 15) is 4.79 Å². The minimum absolute atomic E-state index is 0.0353. The van der Waals surface area contributed by atoms with E-state index in [-0.39, 0.29) is 5.56 Å². The van der Waals surface area contributed by atoms with Crippen LogP contribution in [-0.4, -0.2) is 9.38 Å². The number of hydrogen-bond acceptors (Lipinski definition) is 2. The van der Waals surface area contributed by atoms with Crippen LogP contribution in [0.1, 0.15) is 0 Å². The Bertz CT molecular complexity index is 2550. The van der Waals surface area contributed by atoms with Gasteiger partial charge in [-0.1, -0.05) is 103 Å². The predicted molar refractivity (Wildman–Crippen MR) is 171 cm³/mol. The van der Waals surface area contributed by atoms with E-state index >= 15 is 0 Å². The molecule has 9 rings (SSSR count). The van der Waals surface area contributed by atoms with Gasteiger partial charge < -0.3 is 0 Å². The molecule has 0 spiro atoms. The van der Waals surface area contributed by atoms with E-state index in [1.165, 1.54) is 21.5 Å². The third kappa shape index (κ3) is 3.20. The number of benzene rings is 7. The zero-order valence-electron chi connectivity index (χ0n) is 22.0. The number of rotatable bonds is 2. The molecule has 0 radical (unpaired) electrons. The highest BCUT2D eigenvalue weighted by Gasteiger charge is 2.19. The van der Waals surface area contributed by atoms with Crippen LogP contribution >= 0.6 is 0 Å². The molecule has 190 valence electrons. The van der Waals surface area contributed by atoms with Crippen LogP contribution < -0.4 is 5.56 Å². The van der Waals surface area contributed by atoms with Crippen molar-refractivity contribution in [2.45, 2.75) is 0 Å². The number of aromatic nitrogens is 2. The summed E-state index contributed by atoms with van der Waals surface area (Å²) >= 11 is 0. The predicted octanol–water partition coefficient (Wildman–Crippen LogP) is 9.23. The average molecular weight is 523 g/mol. The summed E-state index contributed by atoms with van der Waals surface area (Å²) in [6.07, 6.45) is 0. The Morgan fingerprint density at radius 3 is 1.83 bits per heavy atom. The van der Waals surface area contributed by atoms with Gasteiger partial charge in [0.2, 0.25) is 0 Å². The van der Waals surface area contributed by atoms with Gasteiger partial charge in [0.1, 0.15) is 5.65 Å². The van der Waals surface area contributed by atoms with Crippen LogP contribution in [0.25, 0.3) is 82.0 Å². The number of imidazole rings is 1. The van der Waals surface area contributed by atoms with E-state index in [1.54, 1.807) is 0 Å². The monoisotopic (exact) mass is 522 g/mol. The summed E-state index contributed by atoms with van der Waals surface area (Å²) in [4.78, 5) is 19.3. The molecule has 2 aromatic heterocycles. The smallest absolute Gasteiger partial charge is 0.264 e. The molecule has 0 atom stereocenters.